The Morgan fingerprint density at radius 3 is 2.41 bits per heavy atom. The summed E-state index contributed by atoms with van der Waals surface area (Å²) >= 11 is 0. The molecule has 6 heteroatoms. The summed E-state index contributed by atoms with van der Waals surface area (Å²) in [6, 6.07) is 19.0. The zero-order chi connectivity index (χ0) is 25.9. The van der Waals surface area contributed by atoms with Gasteiger partial charge in [-0.05, 0) is 49.3 Å². The third kappa shape index (κ3) is 5.10. The predicted octanol–water partition coefficient (Wildman–Crippen LogP) is 5.36. The molecule has 1 aliphatic carbocycles. The van der Waals surface area contributed by atoms with Gasteiger partial charge in [0, 0.05) is 23.5 Å². The summed E-state index contributed by atoms with van der Waals surface area (Å²) in [6.07, 6.45) is 5.92. The van der Waals surface area contributed by atoms with E-state index in [1.165, 1.54) is 6.42 Å². The standard InChI is InChI=1S/C31H35N3O3/c1-3-26(30(36)32-24-11-5-4-6-12-24)33(19-22-17-15-21(2)16-18-22)28(35)20-34-27-14-8-10-23-9-7-13-25(29(23)27)31(34)37/h7-10,13-18,24,26H,3-6,11-12,19-20H2,1-2H3,(H,32,36). The first-order chi connectivity index (χ1) is 18.0. The van der Waals surface area contributed by atoms with Gasteiger partial charge in [-0.15, -0.1) is 0 Å². The molecule has 1 unspecified atom stereocenters. The number of rotatable bonds is 8. The lowest BCUT2D eigenvalue weighted by Crippen LogP contribution is -2.53. The minimum Gasteiger partial charge on any atom is -0.352 e. The lowest BCUT2D eigenvalue weighted by Gasteiger charge is -2.34. The Morgan fingerprint density at radius 1 is 1.00 bits per heavy atom. The Morgan fingerprint density at radius 2 is 1.70 bits per heavy atom. The van der Waals surface area contributed by atoms with Gasteiger partial charge in [0.15, 0.2) is 0 Å². The zero-order valence-electron chi connectivity index (χ0n) is 21.7. The van der Waals surface area contributed by atoms with Gasteiger partial charge in [0.1, 0.15) is 12.6 Å². The summed E-state index contributed by atoms with van der Waals surface area (Å²) in [5.74, 6) is -0.507. The van der Waals surface area contributed by atoms with E-state index < -0.39 is 6.04 Å². The molecular weight excluding hydrogens is 462 g/mol. The Labute approximate surface area is 218 Å². The number of hydrogen-bond acceptors (Lipinski definition) is 3. The van der Waals surface area contributed by atoms with Crippen LogP contribution in [0.3, 0.4) is 0 Å². The number of nitrogens with one attached hydrogen (secondary N) is 1. The fourth-order valence-corrected chi connectivity index (χ4v) is 5.72. The van der Waals surface area contributed by atoms with E-state index in [1.54, 1.807) is 9.80 Å². The molecule has 2 aliphatic rings. The van der Waals surface area contributed by atoms with Crippen LogP contribution in [-0.4, -0.2) is 41.2 Å². The summed E-state index contributed by atoms with van der Waals surface area (Å²) in [4.78, 5) is 44.0. The molecule has 0 spiro atoms. The monoisotopic (exact) mass is 497 g/mol. The normalized spacial score (nSPS) is 16.2. The highest BCUT2D eigenvalue weighted by atomic mass is 16.2. The van der Waals surface area contributed by atoms with Crippen molar-refractivity contribution >= 4 is 34.2 Å². The number of benzene rings is 3. The number of carbonyl (C=O) groups is 3. The fourth-order valence-electron chi connectivity index (χ4n) is 5.72. The highest BCUT2D eigenvalue weighted by molar-refractivity contribution is 6.26. The highest BCUT2D eigenvalue weighted by Crippen LogP contribution is 2.37. The van der Waals surface area contributed by atoms with Crippen LogP contribution in [0.25, 0.3) is 10.8 Å². The number of carbonyl (C=O) groups excluding carboxylic acids is 3. The van der Waals surface area contributed by atoms with Crippen molar-refractivity contribution in [1.29, 1.82) is 0 Å². The van der Waals surface area contributed by atoms with Crippen LogP contribution >= 0.6 is 0 Å². The molecule has 0 aromatic heterocycles. The molecule has 192 valence electrons. The van der Waals surface area contributed by atoms with Crippen LogP contribution in [0.4, 0.5) is 5.69 Å². The first-order valence-corrected chi connectivity index (χ1v) is 13.4. The van der Waals surface area contributed by atoms with Gasteiger partial charge in [-0.25, -0.2) is 0 Å². The van der Waals surface area contributed by atoms with Crippen molar-refractivity contribution in [3.63, 3.8) is 0 Å². The van der Waals surface area contributed by atoms with E-state index in [9.17, 15) is 14.4 Å². The zero-order valence-corrected chi connectivity index (χ0v) is 21.7. The molecule has 6 nitrogen and oxygen atoms in total. The number of hydrogen-bond donors (Lipinski definition) is 1. The number of amides is 3. The molecule has 1 aliphatic heterocycles. The number of nitrogens with zero attached hydrogens (tertiary/aromatic N) is 2. The Balaban J connectivity index is 1.42. The number of aryl methyl sites for hydroxylation is 1. The average molecular weight is 498 g/mol. The van der Waals surface area contributed by atoms with Crippen LogP contribution in [0.1, 0.15) is 66.9 Å². The van der Waals surface area contributed by atoms with Crippen LogP contribution in [0.5, 0.6) is 0 Å². The van der Waals surface area contributed by atoms with Gasteiger partial charge in [-0.2, -0.15) is 0 Å². The topological polar surface area (TPSA) is 69.7 Å². The van der Waals surface area contributed by atoms with Gasteiger partial charge in [-0.3, -0.25) is 19.3 Å². The Bertz CT molecular complexity index is 1310. The van der Waals surface area contributed by atoms with Gasteiger partial charge in [0.2, 0.25) is 11.8 Å². The van der Waals surface area contributed by atoms with Gasteiger partial charge in [-0.1, -0.05) is 80.3 Å². The van der Waals surface area contributed by atoms with Crippen molar-refractivity contribution in [3.8, 4) is 0 Å². The van der Waals surface area contributed by atoms with Gasteiger partial charge >= 0.3 is 0 Å². The molecule has 0 bridgehead atoms. The average Bonchev–Trinajstić information content (AvgIpc) is 3.18. The lowest BCUT2D eigenvalue weighted by molar-refractivity contribution is -0.140. The van der Waals surface area contributed by atoms with Crippen molar-refractivity contribution in [3.05, 3.63) is 77.4 Å². The molecule has 1 saturated carbocycles. The van der Waals surface area contributed by atoms with Crippen molar-refractivity contribution in [2.24, 2.45) is 0 Å². The maximum atomic E-state index is 13.9. The van der Waals surface area contributed by atoms with Gasteiger partial charge in [0.05, 0.1) is 5.69 Å². The van der Waals surface area contributed by atoms with Crippen molar-refractivity contribution in [1.82, 2.24) is 10.2 Å². The third-order valence-corrected chi connectivity index (χ3v) is 7.75. The second kappa shape index (κ2) is 10.8. The number of anilines is 1. The molecule has 1 fully saturated rings. The van der Waals surface area contributed by atoms with E-state index in [-0.39, 0.29) is 30.3 Å². The van der Waals surface area contributed by atoms with E-state index in [2.05, 4.69) is 5.32 Å². The fraction of sp³-hybridized carbons (Fsp3) is 0.387. The maximum Gasteiger partial charge on any atom is 0.259 e. The van der Waals surface area contributed by atoms with E-state index in [0.29, 0.717) is 18.5 Å². The predicted molar refractivity (Wildman–Crippen MR) is 146 cm³/mol. The summed E-state index contributed by atoms with van der Waals surface area (Å²) in [5.41, 5.74) is 3.47. The maximum absolute atomic E-state index is 13.9. The molecule has 3 aromatic rings. The van der Waals surface area contributed by atoms with E-state index in [0.717, 1.165) is 53.3 Å². The smallest absolute Gasteiger partial charge is 0.259 e. The van der Waals surface area contributed by atoms with Crippen LogP contribution in [0.15, 0.2) is 60.7 Å². The van der Waals surface area contributed by atoms with Crippen molar-refractivity contribution in [2.45, 2.75) is 71.0 Å². The third-order valence-electron chi connectivity index (χ3n) is 7.75. The van der Waals surface area contributed by atoms with Gasteiger partial charge in [0.25, 0.3) is 5.91 Å². The second-order valence-electron chi connectivity index (χ2n) is 10.3. The molecule has 3 amide bonds. The largest absolute Gasteiger partial charge is 0.352 e. The molecule has 0 saturated heterocycles. The summed E-state index contributed by atoms with van der Waals surface area (Å²) in [7, 11) is 0. The van der Waals surface area contributed by atoms with Crippen molar-refractivity contribution < 1.29 is 14.4 Å². The minimum absolute atomic E-state index is 0.104. The van der Waals surface area contributed by atoms with Crippen molar-refractivity contribution in [2.75, 3.05) is 11.4 Å². The molecule has 1 atom stereocenters. The molecule has 0 radical (unpaired) electrons. The first kappa shape index (κ1) is 25.0. The molecule has 5 rings (SSSR count). The highest BCUT2D eigenvalue weighted by Gasteiger charge is 2.35. The summed E-state index contributed by atoms with van der Waals surface area (Å²) < 4.78 is 0. The van der Waals surface area contributed by atoms with E-state index in [1.807, 2.05) is 74.5 Å². The first-order valence-electron chi connectivity index (χ1n) is 13.4. The van der Waals surface area contributed by atoms with E-state index in [4.69, 9.17) is 0 Å². The quantitative estimate of drug-likeness (QED) is 0.455. The van der Waals surface area contributed by atoms with E-state index >= 15 is 0 Å². The summed E-state index contributed by atoms with van der Waals surface area (Å²) in [6.45, 7) is 4.18. The molecule has 37 heavy (non-hydrogen) atoms. The van der Waals surface area contributed by atoms with Crippen LogP contribution in [0, 0.1) is 6.92 Å². The molecule has 1 heterocycles. The Kier molecular flexibility index (Phi) is 7.26. The molecular formula is C31H35N3O3. The SMILES string of the molecule is CCC(C(=O)NC1CCCCC1)N(Cc1ccc(C)cc1)C(=O)CN1C(=O)c2cccc3cccc1c23. The Hall–Kier alpha value is -3.67. The lowest BCUT2D eigenvalue weighted by atomic mass is 9.95. The minimum atomic E-state index is -0.605. The van der Waals surface area contributed by atoms with Crippen LogP contribution < -0.4 is 10.2 Å². The molecule has 3 aromatic carbocycles. The van der Waals surface area contributed by atoms with Gasteiger partial charge < -0.3 is 10.2 Å². The molecule has 1 N–H and O–H groups in total. The summed E-state index contributed by atoms with van der Waals surface area (Å²) in [5, 5.41) is 5.08. The van der Waals surface area contributed by atoms with Crippen LogP contribution in [-0.2, 0) is 16.1 Å². The second-order valence-corrected chi connectivity index (χ2v) is 10.3. The van der Waals surface area contributed by atoms with Crippen LogP contribution in [0.2, 0.25) is 0 Å².